The van der Waals surface area contributed by atoms with Crippen molar-refractivity contribution in [2.45, 2.75) is 129 Å². The highest BCUT2D eigenvalue weighted by Crippen LogP contribution is 2.32. The summed E-state index contributed by atoms with van der Waals surface area (Å²) in [6, 6.07) is 35.5. The van der Waals surface area contributed by atoms with Gasteiger partial charge in [0.2, 0.25) is 0 Å². The van der Waals surface area contributed by atoms with Crippen molar-refractivity contribution >= 4 is 64.4 Å². The van der Waals surface area contributed by atoms with Gasteiger partial charge >= 0.3 is 6.09 Å². The van der Waals surface area contributed by atoms with Crippen LogP contribution in [0.3, 0.4) is 0 Å². The van der Waals surface area contributed by atoms with Crippen LogP contribution in [0.5, 0.6) is 0 Å². The van der Waals surface area contributed by atoms with Crippen LogP contribution in [0, 0.1) is 0 Å². The molecule has 19 heteroatoms. The first kappa shape index (κ1) is 55.9. The number of imidazole rings is 2. The van der Waals surface area contributed by atoms with Crippen molar-refractivity contribution in [3.63, 3.8) is 0 Å². The molecule has 8 aromatic rings. The van der Waals surface area contributed by atoms with Gasteiger partial charge in [-0.1, -0.05) is 48.5 Å². The molecule has 0 spiro atoms. The molecule has 1 amide bonds. The molecule has 0 radical (unpaired) electrons. The van der Waals surface area contributed by atoms with Crippen molar-refractivity contribution in [1.29, 1.82) is 0 Å². The third kappa shape index (κ3) is 13.8. The van der Waals surface area contributed by atoms with E-state index in [1.165, 1.54) is 49.7 Å². The highest BCUT2D eigenvalue weighted by molar-refractivity contribution is 5.85. The van der Waals surface area contributed by atoms with Crippen molar-refractivity contribution < 1.29 is 9.53 Å². The smallest absolute Gasteiger partial charge is 0.410 e. The van der Waals surface area contributed by atoms with Crippen molar-refractivity contribution in [2.75, 3.05) is 59.7 Å². The summed E-state index contributed by atoms with van der Waals surface area (Å²) in [6.07, 6.45) is 16.1. The van der Waals surface area contributed by atoms with Crippen LogP contribution in [-0.4, -0.2) is 119 Å². The summed E-state index contributed by atoms with van der Waals surface area (Å²) in [5.74, 6) is 3.62. The summed E-state index contributed by atoms with van der Waals surface area (Å²) in [7, 11) is 0. The lowest BCUT2D eigenvalue weighted by atomic mass is 10.0. The Morgan fingerprint density at radius 1 is 0.613 bits per heavy atom. The molecule has 6 aromatic heterocycles. The molecule has 2 unspecified atom stereocenters. The summed E-state index contributed by atoms with van der Waals surface area (Å²) < 4.78 is 9.19. The fraction of sp³-hybridized carbons (Fsp3) is 0.426. The Labute approximate surface area is 476 Å². The molecule has 420 valence electrons. The second kappa shape index (κ2) is 25.4. The van der Waals surface area contributed by atoms with Gasteiger partial charge in [-0.05, 0) is 159 Å². The molecule has 5 N–H and O–H groups in total. The Hall–Kier alpha value is -7.38. The molecule has 4 aliphatic heterocycles. The first-order valence-electron chi connectivity index (χ1n) is 28.5. The quantitative estimate of drug-likeness (QED) is 0.0693. The number of amides is 1. The molecule has 4 aliphatic rings. The number of anilines is 6. The van der Waals surface area contributed by atoms with Crippen LogP contribution in [0.25, 0.3) is 33.8 Å². The van der Waals surface area contributed by atoms with Gasteiger partial charge in [-0.3, -0.25) is 0 Å². The number of hydrogen-bond acceptors (Lipinski definition) is 15. The van der Waals surface area contributed by atoms with Gasteiger partial charge in [0.15, 0.2) is 11.3 Å². The van der Waals surface area contributed by atoms with E-state index >= 15 is 0 Å². The summed E-state index contributed by atoms with van der Waals surface area (Å²) in [4.78, 5) is 37.9. The second-order valence-corrected chi connectivity index (χ2v) is 22.6. The van der Waals surface area contributed by atoms with E-state index in [2.05, 4.69) is 139 Å². The van der Waals surface area contributed by atoms with Gasteiger partial charge in [0, 0.05) is 99.4 Å². The average molecular weight is 1100 g/mol. The Morgan fingerprint density at radius 2 is 1.09 bits per heavy atom. The number of benzene rings is 2. The number of aromatic nitrogens is 8. The third-order valence-corrected chi connectivity index (χ3v) is 15.5. The van der Waals surface area contributed by atoms with E-state index in [1.54, 1.807) is 12.4 Å². The Balaban J connectivity index is 0.000000180. The minimum Gasteiger partial charge on any atom is -0.444 e. The zero-order valence-corrected chi connectivity index (χ0v) is 47.6. The normalized spacial score (nSPS) is 18.0. The summed E-state index contributed by atoms with van der Waals surface area (Å²) >= 11 is 0. The van der Waals surface area contributed by atoms with Gasteiger partial charge in [0.25, 0.3) is 0 Å². The molecule has 2 aromatic carbocycles. The summed E-state index contributed by atoms with van der Waals surface area (Å²) in [6.45, 7) is 17.5. The van der Waals surface area contributed by atoms with Gasteiger partial charge in [-0.15, -0.1) is 12.4 Å². The van der Waals surface area contributed by atoms with E-state index in [0.29, 0.717) is 37.3 Å². The summed E-state index contributed by atoms with van der Waals surface area (Å²) in [5.41, 5.74) is 9.13. The minimum absolute atomic E-state index is 0. The highest BCUT2D eigenvalue weighted by atomic mass is 35.5. The maximum absolute atomic E-state index is 12.4. The minimum atomic E-state index is -0.473. The third-order valence-electron chi connectivity index (χ3n) is 15.5. The standard InChI is InChI=1S/C33H42N8O2.C28H34N8.ClH/c1-23-8-7-16-40(23)30-12-6-11-29(37-30)36-28-21-27(38-41-19-15-34-31(28)41)25-10-5-9-24(20-25)22-35-26-13-17-39(18-14-26)32(42)43-33(2,3)4;1-20-5-4-15-35(20)27-9-3-8-26(33-27)32-25-18-24(34-36-16-14-30-28(25)36)22-7-2-6-21(17-22)19-31-23-10-12-29-13-11-23;/h5-6,9-12,15,19-21,23,26,35H,7-8,13-14,16-18,22H2,1-4H3,(H,36,37);2-3,6-9,14,16-18,20,23,29,31H,4-5,10-13,15,19H2,1H3,(H,32,33);1H. The average Bonchev–Trinajstić information content (AvgIpc) is 4.34. The van der Waals surface area contributed by atoms with Crippen LogP contribution in [0.4, 0.5) is 39.4 Å². The molecule has 0 aliphatic carbocycles. The molecule has 80 heavy (non-hydrogen) atoms. The first-order valence-corrected chi connectivity index (χ1v) is 28.5. The molecular formula is C61H77ClN16O2. The van der Waals surface area contributed by atoms with E-state index < -0.39 is 5.60 Å². The van der Waals surface area contributed by atoms with E-state index in [9.17, 15) is 4.79 Å². The number of nitrogens with one attached hydrogen (secondary N) is 5. The largest absolute Gasteiger partial charge is 0.444 e. The van der Waals surface area contributed by atoms with Gasteiger partial charge in [-0.2, -0.15) is 10.2 Å². The number of halogens is 1. The fourth-order valence-corrected chi connectivity index (χ4v) is 11.3. The number of rotatable bonds is 14. The Bertz CT molecular complexity index is 3340. The van der Waals surface area contributed by atoms with E-state index in [4.69, 9.17) is 24.9 Å². The van der Waals surface area contributed by atoms with E-state index in [1.807, 2.05) is 65.3 Å². The lowest BCUT2D eigenvalue weighted by molar-refractivity contribution is 0.0198. The molecular weight excluding hydrogens is 1020 g/mol. The molecule has 12 rings (SSSR count). The van der Waals surface area contributed by atoms with E-state index in [0.717, 1.165) is 121 Å². The molecule has 0 bridgehead atoms. The molecule has 10 heterocycles. The van der Waals surface area contributed by atoms with Crippen molar-refractivity contribution in [1.82, 2.24) is 60.0 Å². The molecule has 4 saturated heterocycles. The lowest BCUT2D eigenvalue weighted by Gasteiger charge is -2.33. The SMILES string of the molecule is CC1CCCN1c1cccc(Nc2cc(-c3cccc(CNC4CCN(C(=O)OC(C)(C)C)CC4)c3)nn3ccnc23)n1.CC1CCCN1c1cccc(Nc2cc(-c3cccc(CNC4CCNCC4)c3)nn3ccnc23)n1.Cl. The number of nitrogens with zero attached hydrogens (tertiary/aromatic N) is 11. The van der Waals surface area contributed by atoms with Crippen LogP contribution >= 0.6 is 12.4 Å². The van der Waals surface area contributed by atoms with Crippen LogP contribution in [0.2, 0.25) is 0 Å². The maximum atomic E-state index is 12.4. The highest BCUT2D eigenvalue weighted by Gasteiger charge is 2.28. The predicted molar refractivity (Wildman–Crippen MR) is 322 cm³/mol. The van der Waals surface area contributed by atoms with Crippen LogP contribution in [-0.2, 0) is 17.8 Å². The topological polar surface area (TPSA) is 182 Å². The zero-order valence-electron chi connectivity index (χ0n) is 46.8. The van der Waals surface area contributed by atoms with Crippen LogP contribution in [0.15, 0.2) is 122 Å². The van der Waals surface area contributed by atoms with Crippen molar-refractivity contribution in [3.05, 3.63) is 133 Å². The van der Waals surface area contributed by atoms with Crippen molar-refractivity contribution in [2.24, 2.45) is 0 Å². The molecule has 18 nitrogen and oxygen atoms in total. The number of likely N-dealkylation sites (tertiary alicyclic amines) is 1. The fourth-order valence-electron chi connectivity index (χ4n) is 11.3. The predicted octanol–water partition coefficient (Wildman–Crippen LogP) is 10.8. The number of pyridine rings is 2. The monoisotopic (exact) mass is 1100 g/mol. The van der Waals surface area contributed by atoms with Gasteiger partial charge in [0.05, 0.1) is 22.8 Å². The van der Waals surface area contributed by atoms with Crippen LogP contribution < -0.4 is 36.4 Å². The molecule has 4 fully saturated rings. The lowest BCUT2D eigenvalue weighted by Crippen LogP contribution is -2.46. The number of carbonyl (C=O) groups excluding carboxylic acids is 1. The molecule has 2 atom stereocenters. The van der Waals surface area contributed by atoms with Gasteiger partial charge < -0.3 is 46.0 Å². The molecule has 0 saturated carbocycles. The van der Waals surface area contributed by atoms with Crippen LogP contribution in [0.1, 0.15) is 97.1 Å². The Kier molecular flexibility index (Phi) is 17.7. The number of fused-ring (bicyclic) bond motifs is 2. The number of hydrogen-bond donors (Lipinski definition) is 5. The second-order valence-electron chi connectivity index (χ2n) is 22.6. The van der Waals surface area contributed by atoms with Gasteiger partial charge in [-0.25, -0.2) is 33.8 Å². The van der Waals surface area contributed by atoms with Crippen molar-refractivity contribution in [3.8, 4) is 22.5 Å². The number of piperidine rings is 2. The summed E-state index contributed by atoms with van der Waals surface area (Å²) in [5, 5.41) is 27.6. The first-order chi connectivity index (χ1) is 38.4. The van der Waals surface area contributed by atoms with Gasteiger partial charge in [0.1, 0.15) is 28.9 Å². The number of carbonyl (C=O) groups is 1. The van der Waals surface area contributed by atoms with E-state index in [-0.39, 0.29) is 18.5 Å². The zero-order chi connectivity index (χ0) is 54.3. The number of ether oxygens (including phenoxy) is 1. The maximum Gasteiger partial charge on any atom is 0.410 e. The Morgan fingerprint density at radius 3 is 1.55 bits per heavy atom.